The number of hydrogen-bond acceptors (Lipinski definition) is 4. The van der Waals surface area contributed by atoms with Crippen LogP contribution in [0.5, 0.6) is 0 Å². The predicted octanol–water partition coefficient (Wildman–Crippen LogP) is 3.22. The normalized spacial score (nSPS) is 20.8. The molecule has 1 aromatic rings. The lowest BCUT2D eigenvalue weighted by atomic mass is 9.92. The zero-order valence-corrected chi connectivity index (χ0v) is 19.6. The van der Waals surface area contributed by atoms with Gasteiger partial charge in [-0.25, -0.2) is 4.79 Å². The van der Waals surface area contributed by atoms with E-state index in [9.17, 15) is 9.59 Å². The van der Waals surface area contributed by atoms with E-state index in [4.69, 9.17) is 33.7 Å². The second-order valence-electron chi connectivity index (χ2n) is 8.48. The molecule has 0 bridgehead atoms. The highest BCUT2D eigenvalue weighted by atomic mass is 35.5. The van der Waals surface area contributed by atoms with Crippen LogP contribution in [0, 0.1) is 5.92 Å². The van der Waals surface area contributed by atoms with Gasteiger partial charge in [-0.15, -0.1) is 0 Å². The number of amides is 3. The average molecular weight is 471 g/mol. The average Bonchev–Trinajstić information content (AvgIpc) is 2.75. The monoisotopic (exact) mass is 470 g/mol. The number of primary amides is 1. The number of nitrogens with zero attached hydrogens (tertiary/aromatic N) is 3. The molecule has 7 nitrogen and oxygen atoms in total. The Labute approximate surface area is 194 Å². The lowest BCUT2D eigenvalue weighted by Gasteiger charge is -2.42. The van der Waals surface area contributed by atoms with Crippen LogP contribution in [0.2, 0.25) is 10.0 Å². The maximum atomic E-state index is 13.1. The Hall–Kier alpha value is -1.54. The molecule has 0 radical (unpaired) electrons. The first-order valence-corrected chi connectivity index (χ1v) is 11.6. The lowest BCUT2D eigenvalue weighted by Crippen LogP contribution is -2.55. The first-order valence-electron chi connectivity index (χ1n) is 10.9. The second-order valence-corrected chi connectivity index (χ2v) is 9.29. The van der Waals surface area contributed by atoms with E-state index in [1.54, 1.807) is 12.0 Å². The minimum atomic E-state index is -0.373. The van der Waals surface area contributed by atoms with Gasteiger partial charge in [0.1, 0.15) is 0 Å². The number of urea groups is 1. The van der Waals surface area contributed by atoms with Gasteiger partial charge in [0.25, 0.3) is 0 Å². The van der Waals surface area contributed by atoms with E-state index in [0.29, 0.717) is 48.6 Å². The van der Waals surface area contributed by atoms with Crippen molar-refractivity contribution in [3.8, 4) is 0 Å². The third-order valence-electron chi connectivity index (χ3n) is 6.32. The van der Waals surface area contributed by atoms with E-state index in [1.807, 2.05) is 23.1 Å². The molecular weight excluding hydrogens is 439 g/mol. The molecule has 3 amide bonds. The van der Waals surface area contributed by atoms with Gasteiger partial charge in [0.15, 0.2) is 0 Å². The molecule has 0 aliphatic carbocycles. The van der Waals surface area contributed by atoms with Crippen LogP contribution in [-0.4, -0.2) is 79.1 Å². The van der Waals surface area contributed by atoms with E-state index in [1.165, 1.54) is 0 Å². The molecule has 0 spiro atoms. The van der Waals surface area contributed by atoms with Gasteiger partial charge in [0, 0.05) is 65.4 Å². The van der Waals surface area contributed by atoms with Crippen molar-refractivity contribution in [2.75, 3.05) is 46.4 Å². The number of hydrogen-bond donors (Lipinski definition) is 1. The van der Waals surface area contributed by atoms with Gasteiger partial charge in [-0.1, -0.05) is 29.3 Å². The van der Waals surface area contributed by atoms with Crippen molar-refractivity contribution in [1.29, 1.82) is 0 Å². The summed E-state index contributed by atoms with van der Waals surface area (Å²) in [6.45, 7) is 4.98. The summed E-state index contributed by atoms with van der Waals surface area (Å²) < 4.78 is 5.30. The minimum Gasteiger partial charge on any atom is -0.385 e. The molecule has 2 heterocycles. The van der Waals surface area contributed by atoms with E-state index >= 15 is 0 Å². The summed E-state index contributed by atoms with van der Waals surface area (Å²) in [6, 6.07) is 5.47. The number of benzene rings is 1. The number of piperidine rings is 1. The topological polar surface area (TPSA) is 79.1 Å². The van der Waals surface area contributed by atoms with Crippen LogP contribution >= 0.6 is 23.2 Å². The van der Waals surface area contributed by atoms with Crippen LogP contribution in [0.1, 0.15) is 31.2 Å². The Morgan fingerprint density at radius 3 is 2.52 bits per heavy atom. The number of likely N-dealkylation sites (tertiary alicyclic amines) is 1. The highest BCUT2D eigenvalue weighted by Gasteiger charge is 2.32. The molecule has 9 heteroatoms. The lowest BCUT2D eigenvalue weighted by molar-refractivity contribution is -0.138. The fraction of sp³-hybridized carbons (Fsp3) is 0.636. The zero-order valence-electron chi connectivity index (χ0n) is 18.1. The minimum absolute atomic E-state index is 0.120. The quantitative estimate of drug-likeness (QED) is 0.663. The van der Waals surface area contributed by atoms with Crippen molar-refractivity contribution in [3.05, 3.63) is 33.8 Å². The number of methoxy groups -OCH3 is 1. The van der Waals surface area contributed by atoms with Crippen LogP contribution < -0.4 is 5.73 Å². The molecule has 2 aliphatic rings. The molecular formula is C22H32Cl2N4O3. The summed E-state index contributed by atoms with van der Waals surface area (Å²) >= 11 is 12.2. The summed E-state index contributed by atoms with van der Waals surface area (Å²) in [4.78, 5) is 30.5. The second kappa shape index (κ2) is 11.4. The predicted molar refractivity (Wildman–Crippen MR) is 122 cm³/mol. The Morgan fingerprint density at radius 2 is 1.87 bits per heavy atom. The number of carbonyl (C=O) groups excluding carboxylic acids is 2. The fourth-order valence-electron chi connectivity index (χ4n) is 4.51. The fourth-order valence-corrected chi connectivity index (χ4v) is 4.83. The first kappa shape index (κ1) is 24.1. The van der Waals surface area contributed by atoms with Gasteiger partial charge >= 0.3 is 6.03 Å². The molecule has 0 aromatic heterocycles. The smallest absolute Gasteiger partial charge is 0.314 e. The van der Waals surface area contributed by atoms with Crippen molar-refractivity contribution in [1.82, 2.24) is 14.7 Å². The van der Waals surface area contributed by atoms with Gasteiger partial charge in [-0.05, 0) is 42.9 Å². The maximum absolute atomic E-state index is 13.1. The molecule has 2 aliphatic heterocycles. The third kappa shape index (κ3) is 6.72. The highest BCUT2D eigenvalue weighted by Crippen LogP contribution is 2.26. The Morgan fingerprint density at radius 1 is 1.13 bits per heavy atom. The Balaban J connectivity index is 1.56. The summed E-state index contributed by atoms with van der Waals surface area (Å²) in [7, 11) is 1.69. The van der Waals surface area contributed by atoms with Crippen molar-refractivity contribution in [3.63, 3.8) is 0 Å². The SMILES string of the molecule is COCCC1CN(Cc2ccc(Cl)c(Cl)c2)CCN1C(=O)CC1CCN(C(N)=O)CC1. The molecule has 1 atom stereocenters. The number of nitrogens with two attached hydrogens (primary N) is 1. The molecule has 1 aromatic carbocycles. The van der Waals surface area contributed by atoms with Crippen LogP contribution in [-0.2, 0) is 16.1 Å². The van der Waals surface area contributed by atoms with Crippen LogP contribution in [0.3, 0.4) is 0 Å². The molecule has 1 unspecified atom stereocenters. The number of piperazine rings is 1. The van der Waals surface area contributed by atoms with Gasteiger partial charge in [0.05, 0.1) is 10.0 Å². The number of carbonyl (C=O) groups is 2. The van der Waals surface area contributed by atoms with Gasteiger partial charge < -0.3 is 20.3 Å². The Bertz CT molecular complexity index is 771. The molecule has 2 fully saturated rings. The van der Waals surface area contributed by atoms with Gasteiger partial charge in [0.2, 0.25) is 5.91 Å². The maximum Gasteiger partial charge on any atom is 0.314 e. The number of halogens is 2. The highest BCUT2D eigenvalue weighted by molar-refractivity contribution is 6.42. The summed E-state index contributed by atoms with van der Waals surface area (Å²) in [5.41, 5.74) is 6.47. The van der Waals surface area contributed by atoms with E-state index in [0.717, 1.165) is 44.5 Å². The molecule has 0 saturated carbocycles. The number of rotatable bonds is 7. The Kier molecular flexibility index (Phi) is 8.84. The van der Waals surface area contributed by atoms with E-state index in [2.05, 4.69) is 4.90 Å². The third-order valence-corrected chi connectivity index (χ3v) is 7.06. The molecule has 31 heavy (non-hydrogen) atoms. The van der Waals surface area contributed by atoms with E-state index in [-0.39, 0.29) is 18.0 Å². The van der Waals surface area contributed by atoms with Crippen molar-refractivity contribution >= 4 is 35.1 Å². The molecule has 172 valence electrons. The molecule has 2 N–H and O–H groups in total. The van der Waals surface area contributed by atoms with Crippen molar-refractivity contribution in [2.24, 2.45) is 11.7 Å². The van der Waals surface area contributed by atoms with E-state index < -0.39 is 0 Å². The summed E-state index contributed by atoms with van der Waals surface area (Å²) in [5, 5.41) is 1.12. The van der Waals surface area contributed by atoms with Gasteiger partial charge in [-0.2, -0.15) is 0 Å². The first-order chi connectivity index (χ1) is 14.9. The van der Waals surface area contributed by atoms with Crippen LogP contribution in [0.4, 0.5) is 4.79 Å². The summed E-state index contributed by atoms with van der Waals surface area (Å²) in [6.07, 6.45) is 2.99. The van der Waals surface area contributed by atoms with Gasteiger partial charge in [-0.3, -0.25) is 9.69 Å². The van der Waals surface area contributed by atoms with Crippen molar-refractivity contribution in [2.45, 2.75) is 38.3 Å². The molecule has 3 rings (SSSR count). The summed E-state index contributed by atoms with van der Waals surface area (Å²) in [5.74, 6) is 0.508. The molecule has 2 saturated heterocycles. The largest absolute Gasteiger partial charge is 0.385 e. The van der Waals surface area contributed by atoms with Crippen molar-refractivity contribution < 1.29 is 14.3 Å². The zero-order chi connectivity index (χ0) is 22.4. The standard InChI is InChI=1S/C22H32Cl2N4O3/c1-31-11-6-18-15-26(14-17-2-3-19(23)20(24)12-17)9-10-28(18)21(29)13-16-4-7-27(8-5-16)22(25)30/h2-3,12,16,18H,4-11,13-15H2,1H3,(H2,25,30). The number of ether oxygens (including phenoxy) is 1. The van der Waals surface area contributed by atoms with Crippen LogP contribution in [0.25, 0.3) is 0 Å². The van der Waals surface area contributed by atoms with Crippen LogP contribution in [0.15, 0.2) is 18.2 Å².